The van der Waals surface area contributed by atoms with E-state index in [2.05, 4.69) is 75.4 Å². The van der Waals surface area contributed by atoms with Crippen molar-refractivity contribution in [2.45, 2.75) is 46.5 Å². The topological polar surface area (TPSA) is 0 Å². The van der Waals surface area contributed by atoms with Gasteiger partial charge in [0.1, 0.15) is 0 Å². The second-order valence-electron chi connectivity index (χ2n) is 7.17. The van der Waals surface area contributed by atoms with Gasteiger partial charge in [0, 0.05) is 0 Å². The van der Waals surface area contributed by atoms with E-state index in [0.717, 1.165) is 11.8 Å². The summed E-state index contributed by atoms with van der Waals surface area (Å²) in [6.07, 6.45) is 14.8. The van der Waals surface area contributed by atoms with Crippen LogP contribution in [0.3, 0.4) is 0 Å². The molecule has 2 aliphatic rings. The van der Waals surface area contributed by atoms with Crippen molar-refractivity contribution in [2.24, 2.45) is 17.3 Å². The molecule has 22 heavy (non-hydrogen) atoms. The van der Waals surface area contributed by atoms with Crippen LogP contribution in [0.25, 0.3) is 5.57 Å². The summed E-state index contributed by atoms with van der Waals surface area (Å²) >= 11 is 0. The molecule has 2 aliphatic carbocycles. The number of benzene rings is 1. The van der Waals surface area contributed by atoms with E-state index >= 15 is 0 Å². The average Bonchev–Trinajstić information content (AvgIpc) is 3.06. The Morgan fingerprint density at radius 3 is 2.14 bits per heavy atom. The Balaban J connectivity index is 1.90. The average molecular weight is 292 g/mol. The van der Waals surface area contributed by atoms with Crippen molar-refractivity contribution in [1.82, 2.24) is 0 Å². The Labute approximate surface area is 135 Å². The third kappa shape index (κ3) is 2.60. The van der Waals surface area contributed by atoms with E-state index in [9.17, 15) is 0 Å². The third-order valence-corrected chi connectivity index (χ3v) is 6.24. The zero-order valence-electron chi connectivity index (χ0n) is 14.2. The number of hydrogen-bond donors (Lipinski definition) is 0. The first kappa shape index (κ1) is 15.3. The molecule has 0 amide bonds. The molecule has 0 nitrogen and oxygen atoms in total. The maximum absolute atomic E-state index is 2.51. The smallest absolute Gasteiger partial charge is 0.00596 e. The van der Waals surface area contributed by atoms with Gasteiger partial charge in [-0.3, -0.25) is 0 Å². The largest absolute Gasteiger partial charge is 0.0870 e. The van der Waals surface area contributed by atoms with E-state index in [4.69, 9.17) is 0 Å². The van der Waals surface area contributed by atoms with E-state index in [1.54, 1.807) is 5.57 Å². The van der Waals surface area contributed by atoms with Crippen LogP contribution >= 0.6 is 0 Å². The van der Waals surface area contributed by atoms with Crippen LogP contribution in [0.5, 0.6) is 0 Å². The Hall–Kier alpha value is -1.56. The number of fused-ring (bicyclic) bond motifs is 2. The lowest BCUT2D eigenvalue weighted by atomic mass is 9.73. The van der Waals surface area contributed by atoms with E-state index < -0.39 is 0 Å². The minimum atomic E-state index is 0.453. The fraction of sp³-hybridized carbons (Fsp3) is 0.455. The van der Waals surface area contributed by atoms with Gasteiger partial charge in [0.05, 0.1) is 0 Å². The molecule has 2 fully saturated rings. The van der Waals surface area contributed by atoms with Crippen molar-refractivity contribution in [3.05, 3.63) is 65.8 Å². The Morgan fingerprint density at radius 1 is 1.00 bits per heavy atom. The van der Waals surface area contributed by atoms with Crippen molar-refractivity contribution in [3.8, 4) is 0 Å². The lowest BCUT2D eigenvalue weighted by Gasteiger charge is -2.31. The first-order valence-corrected chi connectivity index (χ1v) is 8.73. The van der Waals surface area contributed by atoms with E-state index in [0.29, 0.717) is 5.41 Å². The summed E-state index contributed by atoms with van der Waals surface area (Å²) in [6, 6.07) is 10.7. The van der Waals surface area contributed by atoms with Gasteiger partial charge in [0.15, 0.2) is 0 Å². The molecular formula is C22H28. The molecule has 0 unspecified atom stereocenters. The Bertz CT molecular complexity index is 580. The molecule has 0 atom stereocenters. The lowest BCUT2D eigenvalue weighted by molar-refractivity contribution is 0.288. The molecule has 2 bridgehead atoms. The van der Waals surface area contributed by atoms with Gasteiger partial charge in [-0.15, -0.1) is 0 Å². The van der Waals surface area contributed by atoms with Crippen LogP contribution in [0.4, 0.5) is 0 Å². The Morgan fingerprint density at radius 2 is 1.59 bits per heavy atom. The van der Waals surface area contributed by atoms with Crippen LogP contribution in [-0.2, 0) is 0 Å². The number of allylic oxidation sites excluding steroid dienone is 6. The van der Waals surface area contributed by atoms with Crippen molar-refractivity contribution >= 4 is 5.57 Å². The molecule has 1 aromatic carbocycles. The molecule has 2 saturated carbocycles. The van der Waals surface area contributed by atoms with Crippen molar-refractivity contribution in [2.75, 3.05) is 0 Å². The summed E-state index contributed by atoms with van der Waals surface area (Å²) < 4.78 is 0. The summed E-state index contributed by atoms with van der Waals surface area (Å²) in [7, 11) is 0. The highest BCUT2D eigenvalue weighted by Crippen LogP contribution is 2.61. The van der Waals surface area contributed by atoms with E-state index in [-0.39, 0.29) is 0 Å². The maximum atomic E-state index is 2.51. The molecule has 116 valence electrons. The fourth-order valence-corrected chi connectivity index (χ4v) is 4.72. The van der Waals surface area contributed by atoms with Crippen LogP contribution in [0.15, 0.2) is 60.2 Å². The minimum Gasteiger partial charge on any atom is -0.0870 e. The molecule has 0 saturated heterocycles. The van der Waals surface area contributed by atoms with Gasteiger partial charge >= 0.3 is 0 Å². The standard InChI is InChI=1S/C22H28/c1-4-8-18(19-9-6-5-7-10-19)12-11-17(2)22(3)20-13-14-21(22)16-15-20/h4-12,20-21H,13-16H2,1-3H3/b8-4-,17-11+,18-12+. The molecule has 1 aromatic rings. The SMILES string of the molecule is C\C=C/C(=C\C=C(/C)C1(C)C2CCC1CC2)c1ccccc1. The highest BCUT2D eigenvalue weighted by molar-refractivity contribution is 5.75. The van der Waals surface area contributed by atoms with Gasteiger partial charge < -0.3 is 0 Å². The van der Waals surface area contributed by atoms with E-state index in [1.807, 2.05) is 0 Å². The highest BCUT2D eigenvalue weighted by Gasteiger charge is 2.51. The molecule has 0 aliphatic heterocycles. The normalized spacial score (nSPS) is 32.1. The lowest BCUT2D eigenvalue weighted by Crippen LogP contribution is -2.23. The van der Waals surface area contributed by atoms with Crippen molar-refractivity contribution < 1.29 is 0 Å². The van der Waals surface area contributed by atoms with Gasteiger partial charge in [-0.05, 0) is 67.9 Å². The minimum absolute atomic E-state index is 0.453. The second kappa shape index (κ2) is 6.28. The van der Waals surface area contributed by atoms with Gasteiger partial charge in [0.2, 0.25) is 0 Å². The van der Waals surface area contributed by atoms with Crippen LogP contribution in [-0.4, -0.2) is 0 Å². The number of rotatable bonds is 4. The van der Waals surface area contributed by atoms with Crippen LogP contribution in [0, 0.1) is 17.3 Å². The molecule has 0 heteroatoms. The molecule has 0 radical (unpaired) electrons. The summed E-state index contributed by atoms with van der Waals surface area (Å²) in [6.45, 7) is 6.96. The van der Waals surface area contributed by atoms with Crippen molar-refractivity contribution in [3.63, 3.8) is 0 Å². The zero-order chi connectivity index (χ0) is 15.6. The highest BCUT2D eigenvalue weighted by atomic mass is 14.6. The molecule has 0 N–H and O–H groups in total. The van der Waals surface area contributed by atoms with E-state index in [1.165, 1.54) is 36.8 Å². The third-order valence-electron chi connectivity index (χ3n) is 6.24. The molecule has 0 heterocycles. The van der Waals surface area contributed by atoms with Crippen LogP contribution in [0.1, 0.15) is 52.0 Å². The van der Waals surface area contributed by atoms with Gasteiger partial charge in [-0.2, -0.15) is 0 Å². The van der Waals surface area contributed by atoms with Gasteiger partial charge in [0.25, 0.3) is 0 Å². The number of hydrogen-bond acceptors (Lipinski definition) is 0. The first-order valence-electron chi connectivity index (χ1n) is 8.73. The quantitative estimate of drug-likeness (QED) is 0.562. The molecule has 0 aromatic heterocycles. The van der Waals surface area contributed by atoms with Crippen LogP contribution in [0.2, 0.25) is 0 Å². The zero-order valence-corrected chi connectivity index (χ0v) is 14.2. The maximum Gasteiger partial charge on any atom is -0.00596 e. The fourth-order valence-electron chi connectivity index (χ4n) is 4.72. The van der Waals surface area contributed by atoms with Crippen molar-refractivity contribution in [1.29, 1.82) is 0 Å². The first-order chi connectivity index (χ1) is 10.7. The Kier molecular flexibility index (Phi) is 4.38. The predicted octanol–water partition coefficient (Wildman–Crippen LogP) is 6.42. The summed E-state index contributed by atoms with van der Waals surface area (Å²) in [4.78, 5) is 0. The van der Waals surface area contributed by atoms with Gasteiger partial charge in [-0.25, -0.2) is 0 Å². The predicted molar refractivity (Wildman–Crippen MR) is 96.5 cm³/mol. The molecule has 0 spiro atoms. The molecule has 3 rings (SSSR count). The summed E-state index contributed by atoms with van der Waals surface area (Å²) in [5, 5.41) is 0. The summed E-state index contributed by atoms with van der Waals surface area (Å²) in [5.41, 5.74) is 4.63. The monoisotopic (exact) mass is 292 g/mol. The second-order valence-corrected chi connectivity index (χ2v) is 7.17. The van der Waals surface area contributed by atoms with Gasteiger partial charge in [-0.1, -0.05) is 67.1 Å². The summed E-state index contributed by atoms with van der Waals surface area (Å²) in [5.74, 6) is 1.84. The van der Waals surface area contributed by atoms with Crippen LogP contribution < -0.4 is 0 Å². The molecular weight excluding hydrogens is 264 g/mol.